The molecule has 3 N–H and O–H groups in total. The number of nitrogens with zero attached hydrogens (tertiary/aromatic N) is 2. The van der Waals surface area contributed by atoms with E-state index < -0.39 is 5.54 Å². The molecular weight excluding hydrogens is 316 g/mol. The summed E-state index contributed by atoms with van der Waals surface area (Å²) in [5.74, 6) is 0.768. The lowest BCUT2D eigenvalue weighted by Gasteiger charge is -2.31. The Kier molecular flexibility index (Phi) is 5.38. The lowest BCUT2D eigenvalue weighted by atomic mass is 9.82. The van der Waals surface area contributed by atoms with Gasteiger partial charge in [-0.25, -0.2) is 0 Å². The normalized spacial score (nSPS) is 16.4. The van der Waals surface area contributed by atoms with Gasteiger partial charge in [0.05, 0.1) is 19.2 Å². The van der Waals surface area contributed by atoms with Crippen LogP contribution in [0.2, 0.25) is 0 Å². The van der Waals surface area contributed by atoms with E-state index in [0.29, 0.717) is 13.1 Å². The summed E-state index contributed by atoms with van der Waals surface area (Å²) in [7, 11) is 1.66. The summed E-state index contributed by atoms with van der Waals surface area (Å²) in [6, 6.07) is 7.83. The van der Waals surface area contributed by atoms with Crippen LogP contribution < -0.4 is 15.8 Å². The molecule has 6 nitrogen and oxygen atoms in total. The molecule has 1 aromatic heterocycles. The van der Waals surface area contributed by atoms with Gasteiger partial charge >= 0.3 is 0 Å². The monoisotopic (exact) mass is 342 g/mol. The van der Waals surface area contributed by atoms with Gasteiger partial charge in [0.2, 0.25) is 5.91 Å². The number of nitrogens with one attached hydrogen (secondary N) is 1. The van der Waals surface area contributed by atoms with Crippen LogP contribution in [0.15, 0.2) is 36.7 Å². The average molecular weight is 342 g/mol. The molecule has 6 heteroatoms. The Morgan fingerprint density at radius 1 is 1.36 bits per heavy atom. The second-order valence-corrected chi connectivity index (χ2v) is 6.75. The van der Waals surface area contributed by atoms with E-state index in [9.17, 15) is 4.79 Å². The number of carbonyl (C=O) groups is 1. The van der Waals surface area contributed by atoms with Crippen LogP contribution in [0.25, 0.3) is 0 Å². The number of ether oxygens (including phenoxy) is 1. The van der Waals surface area contributed by atoms with Crippen LogP contribution in [0.1, 0.15) is 43.2 Å². The highest BCUT2D eigenvalue weighted by Gasteiger charge is 2.34. The molecular formula is C19H26N4O2. The largest absolute Gasteiger partial charge is 0.496 e. The van der Waals surface area contributed by atoms with Crippen molar-refractivity contribution in [1.82, 2.24) is 15.1 Å². The number of amides is 1. The number of carbonyl (C=O) groups excluding carboxylic acids is 1. The van der Waals surface area contributed by atoms with E-state index in [2.05, 4.69) is 10.4 Å². The van der Waals surface area contributed by atoms with Gasteiger partial charge in [-0.1, -0.05) is 25.3 Å². The Bertz CT molecular complexity index is 706. The van der Waals surface area contributed by atoms with Gasteiger partial charge in [-0.3, -0.25) is 9.48 Å². The number of nitrogens with two attached hydrogens (primary N) is 1. The third kappa shape index (κ3) is 4.20. The molecule has 3 rings (SSSR count). The van der Waals surface area contributed by atoms with E-state index in [4.69, 9.17) is 10.5 Å². The van der Waals surface area contributed by atoms with E-state index >= 15 is 0 Å². The summed E-state index contributed by atoms with van der Waals surface area (Å²) >= 11 is 0. The van der Waals surface area contributed by atoms with Crippen LogP contribution in [0, 0.1) is 0 Å². The zero-order valence-electron chi connectivity index (χ0n) is 14.7. The number of methoxy groups -OCH3 is 1. The summed E-state index contributed by atoms with van der Waals surface area (Å²) in [5, 5.41) is 7.24. The molecule has 2 aromatic rings. The van der Waals surface area contributed by atoms with Crippen LogP contribution in [-0.2, 0) is 17.9 Å². The third-order valence-corrected chi connectivity index (χ3v) is 4.89. The third-order valence-electron chi connectivity index (χ3n) is 4.89. The summed E-state index contributed by atoms with van der Waals surface area (Å²) in [5.41, 5.74) is 7.63. The molecule has 25 heavy (non-hydrogen) atoms. The van der Waals surface area contributed by atoms with E-state index in [1.807, 2.05) is 35.1 Å². The molecule has 1 aromatic carbocycles. The maximum absolute atomic E-state index is 12.5. The molecule has 0 radical (unpaired) electrons. The Labute approximate surface area is 148 Å². The molecule has 0 bridgehead atoms. The lowest BCUT2D eigenvalue weighted by Crippen LogP contribution is -2.54. The number of benzene rings is 1. The fourth-order valence-corrected chi connectivity index (χ4v) is 3.40. The second-order valence-electron chi connectivity index (χ2n) is 6.75. The van der Waals surface area contributed by atoms with Gasteiger partial charge in [-0.05, 0) is 36.6 Å². The van der Waals surface area contributed by atoms with Gasteiger partial charge in [0.1, 0.15) is 5.75 Å². The molecule has 1 aliphatic carbocycles. The maximum Gasteiger partial charge on any atom is 0.240 e. The first-order chi connectivity index (χ1) is 12.1. The van der Waals surface area contributed by atoms with Gasteiger partial charge in [0.25, 0.3) is 0 Å². The highest BCUT2D eigenvalue weighted by Crippen LogP contribution is 2.26. The smallest absolute Gasteiger partial charge is 0.240 e. The highest BCUT2D eigenvalue weighted by molar-refractivity contribution is 5.86. The Morgan fingerprint density at radius 3 is 2.84 bits per heavy atom. The predicted molar refractivity (Wildman–Crippen MR) is 96.2 cm³/mol. The molecule has 0 aliphatic heterocycles. The van der Waals surface area contributed by atoms with Gasteiger partial charge < -0.3 is 15.8 Å². The van der Waals surface area contributed by atoms with Gasteiger partial charge in [0, 0.05) is 24.5 Å². The molecule has 1 saturated carbocycles. The van der Waals surface area contributed by atoms with Crippen molar-refractivity contribution in [3.63, 3.8) is 0 Å². The molecule has 1 fully saturated rings. The Morgan fingerprint density at radius 2 is 2.16 bits per heavy atom. The first-order valence-electron chi connectivity index (χ1n) is 8.81. The van der Waals surface area contributed by atoms with Crippen LogP contribution >= 0.6 is 0 Å². The second kappa shape index (κ2) is 7.70. The minimum atomic E-state index is -0.706. The van der Waals surface area contributed by atoms with Crippen LogP contribution in [0.4, 0.5) is 0 Å². The van der Waals surface area contributed by atoms with Crippen LogP contribution in [0.3, 0.4) is 0 Å². The van der Waals surface area contributed by atoms with E-state index in [1.165, 1.54) is 6.42 Å². The van der Waals surface area contributed by atoms with Crippen molar-refractivity contribution in [2.24, 2.45) is 5.73 Å². The van der Waals surface area contributed by atoms with Crippen LogP contribution in [-0.4, -0.2) is 28.3 Å². The zero-order valence-corrected chi connectivity index (χ0v) is 14.7. The first kappa shape index (κ1) is 17.5. The summed E-state index contributed by atoms with van der Waals surface area (Å²) < 4.78 is 7.28. The van der Waals surface area contributed by atoms with Gasteiger partial charge in [0.15, 0.2) is 0 Å². The standard InChI is InChI=1S/C19H26N4O2/c1-25-17-7-6-15(12-16(17)14-23-11-5-10-22-23)13-21-18(24)19(20)8-3-2-4-9-19/h5-7,10-12H,2-4,8-9,13-14,20H2,1H3,(H,21,24). The maximum atomic E-state index is 12.5. The Balaban J connectivity index is 1.67. The van der Waals surface area contributed by atoms with Gasteiger partial charge in [-0.15, -0.1) is 0 Å². The average Bonchev–Trinajstić information content (AvgIpc) is 3.13. The van der Waals surface area contributed by atoms with Crippen molar-refractivity contribution in [2.45, 2.75) is 50.7 Å². The van der Waals surface area contributed by atoms with Crippen molar-refractivity contribution in [3.8, 4) is 5.75 Å². The number of hydrogen-bond acceptors (Lipinski definition) is 4. The van der Waals surface area contributed by atoms with E-state index in [-0.39, 0.29) is 5.91 Å². The number of aromatic nitrogens is 2. The van der Waals surface area contributed by atoms with E-state index in [1.54, 1.807) is 13.3 Å². The molecule has 0 atom stereocenters. The predicted octanol–water partition coefficient (Wildman–Crippen LogP) is 2.22. The molecule has 1 aliphatic rings. The summed E-state index contributed by atoms with van der Waals surface area (Å²) in [6.07, 6.45) is 8.43. The molecule has 0 unspecified atom stereocenters. The van der Waals surface area contributed by atoms with Crippen LogP contribution in [0.5, 0.6) is 5.75 Å². The highest BCUT2D eigenvalue weighted by atomic mass is 16.5. The quantitative estimate of drug-likeness (QED) is 0.843. The van der Waals surface area contributed by atoms with Gasteiger partial charge in [-0.2, -0.15) is 5.10 Å². The summed E-state index contributed by atoms with van der Waals surface area (Å²) in [6.45, 7) is 1.09. The van der Waals surface area contributed by atoms with Crippen molar-refractivity contribution < 1.29 is 9.53 Å². The minimum absolute atomic E-state index is 0.0448. The number of rotatable bonds is 6. The van der Waals surface area contributed by atoms with Crippen molar-refractivity contribution in [1.29, 1.82) is 0 Å². The van der Waals surface area contributed by atoms with Crippen molar-refractivity contribution in [3.05, 3.63) is 47.8 Å². The molecule has 0 saturated heterocycles. The molecule has 1 heterocycles. The Hall–Kier alpha value is -2.34. The number of hydrogen-bond donors (Lipinski definition) is 2. The molecule has 0 spiro atoms. The van der Waals surface area contributed by atoms with E-state index in [0.717, 1.165) is 42.6 Å². The lowest BCUT2D eigenvalue weighted by molar-refractivity contribution is -0.127. The molecule has 134 valence electrons. The topological polar surface area (TPSA) is 82.2 Å². The zero-order chi connectivity index (χ0) is 17.7. The fourth-order valence-electron chi connectivity index (χ4n) is 3.40. The SMILES string of the molecule is COc1ccc(CNC(=O)C2(N)CCCCC2)cc1Cn1cccn1. The fraction of sp³-hybridized carbons (Fsp3) is 0.474. The molecule has 1 amide bonds. The van der Waals surface area contributed by atoms with Crippen molar-refractivity contribution in [2.75, 3.05) is 7.11 Å². The minimum Gasteiger partial charge on any atom is -0.496 e. The summed E-state index contributed by atoms with van der Waals surface area (Å²) in [4.78, 5) is 12.5. The first-order valence-corrected chi connectivity index (χ1v) is 8.81. The van der Waals surface area contributed by atoms with Crippen molar-refractivity contribution >= 4 is 5.91 Å².